The summed E-state index contributed by atoms with van der Waals surface area (Å²) in [6.07, 6.45) is 3.53. The number of nitrogens with zero attached hydrogens (tertiary/aromatic N) is 1. The molecule has 3 aliphatic carbocycles. The number of hydrogen-bond donors (Lipinski definition) is 2. The maximum absolute atomic E-state index is 13.0. The minimum absolute atomic E-state index is 0.00275. The summed E-state index contributed by atoms with van der Waals surface area (Å²) in [4.78, 5) is 39.2. The summed E-state index contributed by atoms with van der Waals surface area (Å²) in [5, 5.41) is 12.7. The number of alkyl carbamates (subject to hydrolysis) is 1. The van der Waals surface area contributed by atoms with Crippen LogP contribution in [0.1, 0.15) is 55.6 Å². The Morgan fingerprint density at radius 1 is 1.00 bits per heavy atom. The van der Waals surface area contributed by atoms with Crippen LogP contribution in [-0.4, -0.2) is 52.7 Å². The maximum Gasteiger partial charge on any atom is 0.407 e. The third kappa shape index (κ3) is 3.60. The first kappa shape index (κ1) is 22.1. The van der Waals surface area contributed by atoms with Crippen molar-refractivity contribution in [3.05, 3.63) is 59.7 Å². The second-order valence-electron chi connectivity index (χ2n) is 10.6. The SMILES string of the molecule is O=C(NC1CCCC1CC(=O)N1CC2CC1(C(=O)O)C2)OCC1c2ccccc2-c2ccccc21. The van der Waals surface area contributed by atoms with E-state index >= 15 is 0 Å². The summed E-state index contributed by atoms with van der Waals surface area (Å²) >= 11 is 0. The molecule has 2 saturated carbocycles. The molecule has 5 aliphatic rings. The minimum atomic E-state index is -0.990. The van der Waals surface area contributed by atoms with Crippen molar-refractivity contribution in [3.63, 3.8) is 0 Å². The van der Waals surface area contributed by atoms with Crippen LogP contribution in [0.5, 0.6) is 0 Å². The fraction of sp³-hybridized carbons (Fsp3) is 0.464. The largest absolute Gasteiger partial charge is 0.479 e. The molecule has 2 aliphatic heterocycles. The predicted molar refractivity (Wildman–Crippen MR) is 129 cm³/mol. The van der Waals surface area contributed by atoms with Gasteiger partial charge < -0.3 is 20.1 Å². The average Bonchev–Trinajstić information content (AvgIpc) is 3.59. The number of hydrogen-bond acceptors (Lipinski definition) is 4. The van der Waals surface area contributed by atoms with Crippen LogP contribution in [0.25, 0.3) is 11.1 Å². The molecular formula is C28H30N2O5. The lowest BCUT2D eigenvalue weighted by Gasteiger charge is -2.38. The molecule has 2 unspecified atom stereocenters. The van der Waals surface area contributed by atoms with Crippen molar-refractivity contribution in [2.45, 2.75) is 56.0 Å². The summed E-state index contributed by atoms with van der Waals surface area (Å²) in [5.74, 6) is -0.666. The molecule has 7 rings (SSSR count). The van der Waals surface area contributed by atoms with Gasteiger partial charge in [0, 0.05) is 24.9 Å². The number of carboxylic acids is 1. The molecule has 2 aromatic rings. The molecule has 0 radical (unpaired) electrons. The molecule has 7 heteroatoms. The van der Waals surface area contributed by atoms with Crippen LogP contribution in [0.3, 0.4) is 0 Å². The summed E-state index contributed by atoms with van der Waals surface area (Å²) in [7, 11) is 0. The lowest BCUT2D eigenvalue weighted by molar-refractivity contribution is -0.158. The van der Waals surface area contributed by atoms with E-state index in [2.05, 4.69) is 29.6 Å². The quantitative estimate of drug-likeness (QED) is 0.656. The Bertz CT molecular complexity index is 1140. The Balaban J connectivity index is 1.07. The second-order valence-corrected chi connectivity index (χ2v) is 10.6. The summed E-state index contributed by atoms with van der Waals surface area (Å²) in [6, 6.07) is 16.3. The van der Waals surface area contributed by atoms with Crippen molar-refractivity contribution >= 4 is 18.0 Å². The van der Waals surface area contributed by atoms with Gasteiger partial charge in [-0.05, 0) is 59.8 Å². The predicted octanol–water partition coefficient (Wildman–Crippen LogP) is 4.16. The average molecular weight is 475 g/mol. The molecule has 4 fully saturated rings. The van der Waals surface area contributed by atoms with Gasteiger partial charge in [0.1, 0.15) is 12.1 Å². The number of carbonyl (C=O) groups excluding carboxylic acids is 2. The highest BCUT2D eigenvalue weighted by molar-refractivity contribution is 5.89. The summed E-state index contributed by atoms with van der Waals surface area (Å²) < 4.78 is 5.70. The molecule has 2 heterocycles. The summed E-state index contributed by atoms with van der Waals surface area (Å²) in [5.41, 5.74) is 3.72. The molecule has 0 spiro atoms. The molecule has 2 N–H and O–H groups in total. The van der Waals surface area contributed by atoms with Crippen LogP contribution in [0.2, 0.25) is 0 Å². The van der Waals surface area contributed by atoms with Crippen molar-refractivity contribution in [2.24, 2.45) is 11.8 Å². The lowest BCUT2D eigenvalue weighted by atomic mass is 9.73. The Labute approximate surface area is 204 Å². The van der Waals surface area contributed by atoms with Gasteiger partial charge >= 0.3 is 12.1 Å². The van der Waals surface area contributed by atoms with Crippen molar-refractivity contribution in [1.82, 2.24) is 10.2 Å². The molecule has 2 amide bonds. The normalized spacial score (nSPS) is 28.2. The van der Waals surface area contributed by atoms with E-state index in [0.29, 0.717) is 25.3 Å². The monoisotopic (exact) mass is 474 g/mol. The van der Waals surface area contributed by atoms with Gasteiger partial charge in [-0.15, -0.1) is 0 Å². The highest BCUT2D eigenvalue weighted by Gasteiger charge is 2.62. The smallest absolute Gasteiger partial charge is 0.407 e. The molecule has 0 aromatic heterocycles. The van der Waals surface area contributed by atoms with Gasteiger partial charge in [0.2, 0.25) is 5.91 Å². The highest BCUT2D eigenvalue weighted by Crippen LogP contribution is 2.51. The zero-order chi connectivity index (χ0) is 24.2. The van der Waals surface area contributed by atoms with Crippen LogP contribution in [0.15, 0.2) is 48.5 Å². The zero-order valence-corrected chi connectivity index (χ0v) is 19.6. The molecule has 2 saturated heterocycles. The van der Waals surface area contributed by atoms with Crippen LogP contribution in [-0.2, 0) is 14.3 Å². The van der Waals surface area contributed by atoms with Gasteiger partial charge in [-0.1, -0.05) is 55.0 Å². The van der Waals surface area contributed by atoms with E-state index in [1.807, 2.05) is 24.3 Å². The van der Waals surface area contributed by atoms with Crippen molar-refractivity contribution in [2.75, 3.05) is 13.2 Å². The van der Waals surface area contributed by atoms with Crippen molar-refractivity contribution in [3.8, 4) is 11.1 Å². The number of ether oxygens (including phenoxy) is 1. The Hall–Kier alpha value is -3.35. The first-order valence-electron chi connectivity index (χ1n) is 12.6. The van der Waals surface area contributed by atoms with Crippen molar-refractivity contribution < 1.29 is 24.2 Å². The molecule has 7 nitrogen and oxygen atoms in total. The number of amides is 2. The van der Waals surface area contributed by atoms with Crippen LogP contribution < -0.4 is 5.32 Å². The fourth-order valence-corrected chi connectivity index (χ4v) is 6.91. The zero-order valence-electron chi connectivity index (χ0n) is 19.6. The lowest BCUT2D eigenvalue weighted by Crippen LogP contribution is -2.55. The molecule has 182 valence electrons. The molecule has 2 bridgehead atoms. The standard InChI is InChI=1S/C28H30N2O5/c31-25(30-15-17-13-28(30,14-17)26(32)33)12-18-6-5-11-24(18)29-27(34)35-16-23-21-9-3-1-7-19(21)20-8-2-4-10-22(20)23/h1-4,7-10,17-18,23-24H,5-6,11-16H2,(H,29,34)(H,32,33). The Kier molecular flexibility index (Phi) is 5.31. The van der Waals surface area contributed by atoms with E-state index in [0.717, 1.165) is 19.3 Å². The van der Waals surface area contributed by atoms with E-state index < -0.39 is 17.6 Å². The third-order valence-corrected chi connectivity index (χ3v) is 8.65. The minimum Gasteiger partial charge on any atom is -0.479 e. The fourth-order valence-electron chi connectivity index (χ4n) is 6.91. The van der Waals surface area contributed by atoms with Gasteiger partial charge in [-0.25, -0.2) is 9.59 Å². The summed E-state index contributed by atoms with van der Waals surface area (Å²) in [6.45, 7) is 0.800. The van der Waals surface area contributed by atoms with Crippen LogP contribution >= 0.6 is 0 Å². The molecule has 2 aromatic carbocycles. The first-order chi connectivity index (χ1) is 17.0. The van der Waals surface area contributed by atoms with Gasteiger partial charge in [0.05, 0.1) is 0 Å². The van der Waals surface area contributed by atoms with E-state index in [9.17, 15) is 19.5 Å². The third-order valence-electron chi connectivity index (χ3n) is 8.65. The number of fused-ring (bicyclic) bond motifs is 4. The topological polar surface area (TPSA) is 95.9 Å². The highest BCUT2D eigenvalue weighted by atomic mass is 16.5. The first-order valence-corrected chi connectivity index (χ1v) is 12.6. The van der Waals surface area contributed by atoms with Crippen LogP contribution in [0, 0.1) is 11.8 Å². The van der Waals surface area contributed by atoms with Gasteiger partial charge in [-0.3, -0.25) is 4.79 Å². The second kappa shape index (κ2) is 8.40. The van der Waals surface area contributed by atoms with E-state index in [-0.39, 0.29) is 36.8 Å². The Morgan fingerprint density at radius 3 is 2.31 bits per heavy atom. The van der Waals surface area contributed by atoms with Gasteiger partial charge in [-0.2, -0.15) is 0 Å². The van der Waals surface area contributed by atoms with E-state index in [1.165, 1.54) is 22.3 Å². The number of benzene rings is 2. The molecule has 35 heavy (non-hydrogen) atoms. The molecule has 2 atom stereocenters. The number of rotatable bonds is 6. The van der Waals surface area contributed by atoms with E-state index in [4.69, 9.17) is 4.74 Å². The maximum atomic E-state index is 13.0. The Morgan fingerprint density at radius 2 is 1.66 bits per heavy atom. The van der Waals surface area contributed by atoms with Crippen LogP contribution in [0.4, 0.5) is 4.79 Å². The van der Waals surface area contributed by atoms with Crippen molar-refractivity contribution in [1.29, 1.82) is 0 Å². The number of carbonyl (C=O) groups is 3. The van der Waals surface area contributed by atoms with Gasteiger partial charge in [0.25, 0.3) is 0 Å². The number of carboxylic acid groups (broad SMARTS) is 1. The van der Waals surface area contributed by atoms with Gasteiger partial charge in [0.15, 0.2) is 0 Å². The number of nitrogens with one attached hydrogen (secondary N) is 1. The van der Waals surface area contributed by atoms with E-state index in [1.54, 1.807) is 4.90 Å². The molecular weight excluding hydrogens is 444 g/mol. The number of aliphatic carboxylic acids is 1.